The number of aromatic nitrogens is 2. The van der Waals surface area contributed by atoms with Crippen LogP contribution in [0.15, 0.2) is 54.9 Å². The number of hydrogen-bond acceptors (Lipinski definition) is 4. The van der Waals surface area contributed by atoms with Gasteiger partial charge in [-0.2, -0.15) is 0 Å². The molecule has 0 spiro atoms. The van der Waals surface area contributed by atoms with Gasteiger partial charge >= 0.3 is 0 Å². The fraction of sp³-hybridized carbons (Fsp3) is 0.217. The highest BCUT2D eigenvalue weighted by molar-refractivity contribution is 5.91. The molecule has 0 aliphatic heterocycles. The number of ether oxygens (including phenoxy) is 2. The van der Waals surface area contributed by atoms with Gasteiger partial charge in [0.05, 0.1) is 19.7 Å². The molecule has 4 rings (SSSR count). The molecule has 0 N–H and O–H groups in total. The highest BCUT2D eigenvalue weighted by Gasteiger charge is 2.13. The zero-order chi connectivity index (χ0) is 18.8. The van der Waals surface area contributed by atoms with Gasteiger partial charge in [-0.05, 0) is 47.2 Å². The van der Waals surface area contributed by atoms with Gasteiger partial charge in [-0.3, -0.25) is 9.97 Å². The van der Waals surface area contributed by atoms with Gasteiger partial charge in [0.2, 0.25) is 0 Å². The SMILES string of the molecule is CCc1ncc(Cc2cnc3ccccc3c2)c2cc(OC)c(OC)cc12.Cl.Cl. The van der Waals surface area contributed by atoms with Gasteiger partial charge in [-0.15, -0.1) is 24.8 Å². The Bertz CT molecular complexity index is 1130. The molecule has 0 saturated carbocycles. The third kappa shape index (κ3) is 4.39. The lowest BCUT2D eigenvalue weighted by molar-refractivity contribution is 0.356. The number of nitrogens with zero attached hydrogens (tertiary/aromatic N) is 2. The first-order valence-electron chi connectivity index (χ1n) is 9.09. The molecule has 0 unspecified atom stereocenters. The molecule has 0 bridgehead atoms. The van der Waals surface area contributed by atoms with Crippen molar-refractivity contribution in [2.75, 3.05) is 14.2 Å². The highest BCUT2D eigenvalue weighted by atomic mass is 35.5. The molecule has 0 aliphatic rings. The zero-order valence-corrected chi connectivity index (χ0v) is 18.3. The lowest BCUT2D eigenvalue weighted by Crippen LogP contribution is -1.99. The number of fused-ring (bicyclic) bond motifs is 2. The minimum Gasteiger partial charge on any atom is -0.493 e. The van der Waals surface area contributed by atoms with Gasteiger partial charge in [0, 0.05) is 35.3 Å². The lowest BCUT2D eigenvalue weighted by atomic mass is 9.98. The number of hydrogen-bond donors (Lipinski definition) is 0. The van der Waals surface area contributed by atoms with Crippen molar-refractivity contribution in [1.29, 1.82) is 0 Å². The molecule has 0 radical (unpaired) electrons. The van der Waals surface area contributed by atoms with E-state index >= 15 is 0 Å². The molecule has 4 nitrogen and oxygen atoms in total. The van der Waals surface area contributed by atoms with Crippen molar-refractivity contribution in [1.82, 2.24) is 9.97 Å². The monoisotopic (exact) mass is 430 g/mol. The lowest BCUT2D eigenvalue weighted by Gasteiger charge is -2.14. The van der Waals surface area contributed by atoms with Crippen LogP contribution in [0.5, 0.6) is 11.5 Å². The fourth-order valence-electron chi connectivity index (χ4n) is 3.53. The molecule has 2 heterocycles. The predicted octanol–water partition coefficient (Wildman–Crippen LogP) is 5.80. The first kappa shape index (κ1) is 22.7. The zero-order valence-electron chi connectivity index (χ0n) is 16.6. The van der Waals surface area contributed by atoms with Crippen LogP contribution in [-0.2, 0) is 12.8 Å². The van der Waals surface area contributed by atoms with E-state index in [-0.39, 0.29) is 24.8 Å². The maximum atomic E-state index is 5.52. The molecule has 0 amide bonds. The summed E-state index contributed by atoms with van der Waals surface area (Å²) in [6, 6.07) is 14.5. The van der Waals surface area contributed by atoms with E-state index in [2.05, 4.69) is 30.1 Å². The van der Waals surface area contributed by atoms with Crippen LogP contribution < -0.4 is 9.47 Å². The molecule has 6 heteroatoms. The van der Waals surface area contributed by atoms with Crippen LogP contribution >= 0.6 is 24.8 Å². The van der Waals surface area contributed by atoms with Crippen LogP contribution in [0, 0.1) is 0 Å². The topological polar surface area (TPSA) is 44.2 Å². The van der Waals surface area contributed by atoms with Crippen LogP contribution in [0.3, 0.4) is 0 Å². The number of aryl methyl sites for hydroxylation is 1. The van der Waals surface area contributed by atoms with Crippen molar-refractivity contribution >= 4 is 46.5 Å². The summed E-state index contributed by atoms with van der Waals surface area (Å²) in [5, 5.41) is 3.41. The minimum atomic E-state index is 0. The van der Waals surface area contributed by atoms with Gasteiger partial charge in [0.25, 0.3) is 0 Å². The van der Waals surface area contributed by atoms with Crippen LogP contribution in [0.1, 0.15) is 23.7 Å². The summed E-state index contributed by atoms with van der Waals surface area (Å²) in [4.78, 5) is 9.29. The van der Waals surface area contributed by atoms with Crippen molar-refractivity contribution in [3.63, 3.8) is 0 Å². The van der Waals surface area contributed by atoms with Crippen molar-refractivity contribution in [2.24, 2.45) is 0 Å². The molecular weight excluding hydrogens is 407 g/mol. The Kier molecular flexibility index (Phi) is 7.66. The maximum absolute atomic E-state index is 5.52. The van der Waals surface area contributed by atoms with Crippen molar-refractivity contribution in [3.8, 4) is 11.5 Å². The molecular formula is C23H24Cl2N2O2. The van der Waals surface area contributed by atoms with Crippen LogP contribution in [0.2, 0.25) is 0 Å². The van der Waals surface area contributed by atoms with Crippen LogP contribution in [-0.4, -0.2) is 24.2 Å². The Hall–Kier alpha value is -2.56. The number of halogens is 2. The largest absolute Gasteiger partial charge is 0.493 e. The summed E-state index contributed by atoms with van der Waals surface area (Å²) in [6.07, 6.45) is 5.55. The van der Waals surface area contributed by atoms with Gasteiger partial charge in [-0.1, -0.05) is 25.1 Å². The third-order valence-electron chi connectivity index (χ3n) is 4.93. The van der Waals surface area contributed by atoms with E-state index < -0.39 is 0 Å². The minimum absolute atomic E-state index is 0. The first-order valence-corrected chi connectivity index (χ1v) is 9.09. The molecule has 4 aromatic rings. The van der Waals surface area contributed by atoms with Gasteiger partial charge in [-0.25, -0.2) is 0 Å². The molecule has 2 aromatic heterocycles. The summed E-state index contributed by atoms with van der Waals surface area (Å²) in [5.41, 5.74) is 4.39. The van der Waals surface area contributed by atoms with Crippen LogP contribution in [0.25, 0.3) is 21.7 Å². The second-order valence-corrected chi connectivity index (χ2v) is 6.55. The number of methoxy groups -OCH3 is 2. The van der Waals surface area contributed by atoms with E-state index in [1.54, 1.807) is 14.2 Å². The van der Waals surface area contributed by atoms with E-state index in [4.69, 9.17) is 14.5 Å². The van der Waals surface area contributed by atoms with Crippen molar-refractivity contribution < 1.29 is 9.47 Å². The standard InChI is InChI=1S/C23H22N2O2.2ClH/c1-4-20-19-12-23(27-3)22(26-2)11-18(19)17(14-25-20)10-15-9-16-7-5-6-8-21(16)24-13-15;;/h5-9,11-14H,4,10H2,1-3H3;2*1H. The average Bonchev–Trinajstić information content (AvgIpc) is 2.72. The molecule has 152 valence electrons. The molecule has 0 aliphatic carbocycles. The summed E-state index contributed by atoms with van der Waals surface area (Å²) in [7, 11) is 3.33. The summed E-state index contributed by atoms with van der Waals surface area (Å²) in [6.45, 7) is 2.12. The Labute approximate surface area is 183 Å². The van der Waals surface area contributed by atoms with Crippen molar-refractivity contribution in [2.45, 2.75) is 19.8 Å². The van der Waals surface area contributed by atoms with Gasteiger partial charge < -0.3 is 9.47 Å². The summed E-state index contributed by atoms with van der Waals surface area (Å²) < 4.78 is 11.0. The highest BCUT2D eigenvalue weighted by Crippen LogP contribution is 2.35. The fourth-order valence-corrected chi connectivity index (χ4v) is 3.53. The van der Waals surface area contributed by atoms with Gasteiger partial charge in [0.1, 0.15) is 0 Å². The molecule has 0 saturated heterocycles. The van der Waals surface area contributed by atoms with Crippen molar-refractivity contribution in [3.05, 3.63) is 71.7 Å². The second-order valence-electron chi connectivity index (χ2n) is 6.55. The van der Waals surface area contributed by atoms with E-state index in [1.165, 1.54) is 0 Å². The molecule has 0 fully saturated rings. The van der Waals surface area contributed by atoms with Crippen LogP contribution in [0.4, 0.5) is 0 Å². The van der Waals surface area contributed by atoms with E-state index in [0.717, 1.165) is 62.8 Å². The molecule has 2 aromatic carbocycles. The normalized spacial score (nSPS) is 10.3. The van der Waals surface area contributed by atoms with E-state index in [9.17, 15) is 0 Å². The summed E-state index contributed by atoms with van der Waals surface area (Å²) in [5.74, 6) is 1.46. The van der Waals surface area contributed by atoms with E-state index in [0.29, 0.717) is 0 Å². The van der Waals surface area contributed by atoms with Gasteiger partial charge in [0.15, 0.2) is 11.5 Å². The number of rotatable bonds is 5. The average molecular weight is 431 g/mol. The Morgan fingerprint density at radius 2 is 1.52 bits per heavy atom. The Balaban J connectivity index is 0.00000150. The third-order valence-corrected chi connectivity index (χ3v) is 4.93. The quantitative estimate of drug-likeness (QED) is 0.401. The smallest absolute Gasteiger partial charge is 0.161 e. The molecule has 29 heavy (non-hydrogen) atoms. The number of para-hydroxylation sites is 1. The summed E-state index contributed by atoms with van der Waals surface area (Å²) >= 11 is 0. The second kappa shape index (κ2) is 9.77. The predicted molar refractivity (Wildman–Crippen MR) is 123 cm³/mol. The number of benzene rings is 2. The first-order chi connectivity index (χ1) is 13.2. The Morgan fingerprint density at radius 1 is 0.828 bits per heavy atom. The number of pyridine rings is 2. The Morgan fingerprint density at radius 3 is 2.21 bits per heavy atom. The maximum Gasteiger partial charge on any atom is 0.161 e. The van der Waals surface area contributed by atoms with E-state index in [1.807, 2.05) is 36.7 Å². The molecule has 0 atom stereocenters.